The Morgan fingerprint density at radius 3 is 2.50 bits per heavy atom. The van der Waals surface area contributed by atoms with Crippen LogP contribution in [0.2, 0.25) is 0 Å². The van der Waals surface area contributed by atoms with Gasteiger partial charge < -0.3 is 10.2 Å². The van der Waals surface area contributed by atoms with E-state index < -0.39 is 0 Å². The van der Waals surface area contributed by atoms with Gasteiger partial charge in [-0.2, -0.15) is 0 Å². The van der Waals surface area contributed by atoms with Crippen molar-refractivity contribution in [2.75, 3.05) is 19.6 Å². The summed E-state index contributed by atoms with van der Waals surface area (Å²) < 4.78 is 0. The molecule has 0 aromatic heterocycles. The number of nitrogens with one attached hydrogen (secondary N) is 1. The van der Waals surface area contributed by atoms with Crippen LogP contribution in [0.4, 0.5) is 0 Å². The fraction of sp³-hybridized carbons (Fsp3) is 0.923. The first-order valence-electron chi connectivity index (χ1n) is 6.67. The first-order chi connectivity index (χ1) is 7.65. The topological polar surface area (TPSA) is 32.3 Å². The second-order valence-corrected chi connectivity index (χ2v) is 5.06. The number of nitrogens with zero attached hydrogens (tertiary/aromatic N) is 1. The molecule has 0 saturated carbocycles. The number of carbonyl (C=O) groups excluding carboxylic acids is 1. The molecule has 94 valence electrons. The molecule has 1 aliphatic heterocycles. The van der Waals surface area contributed by atoms with Crippen LogP contribution in [0.5, 0.6) is 0 Å². The van der Waals surface area contributed by atoms with E-state index in [9.17, 15) is 4.79 Å². The maximum atomic E-state index is 12.0. The van der Waals surface area contributed by atoms with E-state index in [4.69, 9.17) is 0 Å². The number of amides is 1. The van der Waals surface area contributed by atoms with Crippen molar-refractivity contribution in [2.24, 2.45) is 5.92 Å². The second-order valence-electron chi connectivity index (χ2n) is 5.06. The molecular weight excluding hydrogens is 200 g/mol. The molecule has 2 unspecified atom stereocenters. The maximum Gasteiger partial charge on any atom is 0.239 e. The summed E-state index contributed by atoms with van der Waals surface area (Å²) in [6, 6.07) is -0.0163. The normalized spacial score (nSPS) is 19.8. The highest BCUT2D eigenvalue weighted by Crippen LogP contribution is 2.09. The lowest BCUT2D eigenvalue weighted by Gasteiger charge is -2.22. The molecule has 0 radical (unpaired) electrons. The van der Waals surface area contributed by atoms with Crippen molar-refractivity contribution in [3.05, 3.63) is 0 Å². The zero-order chi connectivity index (χ0) is 12.0. The molecule has 0 bridgehead atoms. The van der Waals surface area contributed by atoms with Gasteiger partial charge in [0.15, 0.2) is 0 Å². The first-order valence-corrected chi connectivity index (χ1v) is 6.67. The van der Waals surface area contributed by atoms with E-state index in [0.29, 0.717) is 5.92 Å². The van der Waals surface area contributed by atoms with Gasteiger partial charge in [-0.3, -0.25) is 4.79 Å². The quantitative estimate of drug-likeness (QED) is 0.751. The van der Waals surface area contributed by atoms with Crippen molar-refractivity contribution in [2.45, 2.75) is 52.5 Å². The van der Waals surface area contributed by atoms with Crippen LogP contribution in [-0.4, -0.2) is 36.5 Å². The van der Waals surface area contributed by atoms with Crippen LogP contribution in [0, 0.1) is 5.92 Å². The Labute approximate surface area is 99.6 Å². The molecule has 0 aliphatic carbocycles. The van der Waals surface area contributed by atoms with E-state index in [1.807, 2.05) is 11.8 Å². The van der Waals surface area contributed by atoms with Crippen molar-refractivity contribution >= 4 is 5.91 Å². The summed E-state index contributed by atoms with van der Waals surface area (Å²) >= 11 is 0. The van der Waals surface area contributed by atoms with Gasteiger partial charge in [-0.1, -0.05) is 20.3 Å². The van der Waals surface area contributed by atoms with Crippen LogP contribution in [-0.2, 0) is 4.79 Å². The van der Waals surface area contributed by atoms with Crippen LogP contribution in [0.25, 0.3) is 0 Å². The van der Waals surface area contributed by atoms with Gasteiger partial charge in [-0.25, -0.2) is 0 Å². The van der Waals surface area contributed by atoms with E-state index in [-0.39, 0.29) is 11.9 Å². The van der Waals surface area contributed by atoms with Gasteiger partial charge in [0.05, 0.1) is 6.04 Å². The summed E-state index contributed by atoms with van der Waals surface area (Å²) in [6.07, 6.45) is 4.80. The van der Waals surface area contributed by atoms with Gasteiger partial charge in [0.25, 0.3) is 0 Å². The Kier molecular flexibility index (Phi) is 5.81. The van der Waals surface area contributed by atoms with Crippen molar-refractivity contribution < 1.29 is 4.79 Å². The molecule has 1 amide bonds. The molecule has 0 aromatic rings. The minimum Gasteiger partial charge on any atom is -0.341 e. The Hall–Kier alpha value is -0.570. The molecule has 2 atom stereocenters. The molecule has 1 saturated heterocycles. The number of carbonyl (C=O) groups is 1. The lowest BCUT2D eigenvalue weighted by Crippen LogP contribution is -2.44. The number of hydrogen-bond donors (Lipinski definition) is 1. The predicted octanol–water partition coefficient (Wildman–Crippen LogP) is 2.02. The van der Waals surface area contributed by atoms with Gasteiger partial charge in [0, 0.05) is 13.1 Å². The molecule has 1 rings (SSSR count). The summed E-state index contributed by atoms with van der Waals surface area (Å²) in [7, 11) is 0. The van der Waals surface area contributed by atoms with Crippen molar-refractivity contribution in [3.63, 3.8) is 0 Å². The Morgan fingerprint density at radius 1 is 1.31 bits per heavy atom. The van der Waals surface area contributed by atoms with E-state index in [1.54, 1.807) is 0 Å². The van der Waals surface area contributed by atoms with Crippen molar-refractivity contribution in [3.8, 4) is 0 Å². The minimum absolute atomic E-state index is 0.0163. The summed E-state index contributed by atoms with van der Waals surface area (Å²) in [5.41, 5.74) is 0. The molecule has 0 spiro atoms. The Balaban J connectivity index is 2.22. The summed E-state index contributed by atoms with van der Waals surface area (Å²) in [4.78, 5) is 14.0. The summed E-state index contributed by atoms with van der Waals surface area (Å²) in [5, 5.41) is 3.35. The van der Waals surface area contributed by atoms with Crippen molar-refractivity contribution in [1.82, 2.24) is 10.2 Å². The highest BCUT2D eigenvalue weighted by Gasteiger charge is 2.22. The maximum absolute atomic E-state index is 12.0. The molecule has 1 N–H and O–H groups in total. The molecule has 1 aliphatic rings. The van der Waals surface area contributed by atoms with E-state index in [0.717, 1.165) is 19.6 Å². The molecule has 3 heteroatoms. The number of hydrogen-bond acceptors (Lipinski definition) is 2. The van der Waals surface area contributed by atoms with Crippen LogP contribution in [0.3, 0.4) is 0 Å². The smallest absolute Gasteiger partial charge is 0.239 e. The average molecular weight is 226 g/mol. The van der Waals surface area contributed by atoms with E-state index in [2.05, 4.69) is 19.2 Å². The summed E-state index contributed by atoms with van der Waals surface area (Å²) in [6.45, 7) is 9.29. The van der Waals surface area contributed by atoms with E-state index >= 15 is 0 Å². The Morgan fingerprint density at radius 2 is 1.94 bits per heavy atom. The third-order valence-electron chi connectivity index (χ3n) is 3.34. The van der Waals surface area contributed by atoms with Gasteiger partial charge >= 0.3 is 0 Å². The average Bonchev–Trinajstić information content (AvgIpc) is 2.78. The standard InChI is InChI=1S/C13H26N2O/c1-4-7-11(2)10-14-12(3)13(16)15-8-5-6-9-15/h11-12,14H,4-10H2,1-3H3. The molecule has 1 fully saturated rings. The van der Waals surface area contributed by atoms with Gasteiger partial charge in [-0.15, -0.1) is 0 Å². The molecular formula is C13H26N2O. The van der Waals surface area contributed by atoms with Gasteiger partial charge in [0.2, 0.25) is 5.91 Å². The van der Waals surface area contributed by atoms with Crippen LogP contribution in [0.1, 0.15) is 46.5 Å². The zero-order valence-electron chi connectivity index (χ0n) is 11.0. The van der Waals surface area contributed by atoms with Crippen LogP contribution < -0.4 is 5.32 Å². The molecule has 3 nitrogen and oxygen atoms in total. The van der Waals surface area contributed by atoms with Crippen molar-refractivity contribution in [1.29, 1.82) is 0 Å². The fourth-order valence-corrected chi connectivity index (χ4v) is 2.27. The van der Waals surface area contributed by atoms with Crippen LogP contribution >= 0.6 is 0 Å². The van der Waals surface area contributed by atoms with Crippen LogP contribution in [0.15, 0.2) is 0 Å². The highest BCUT2D eigenvalue weighted by molar-refractivity contribution is 5.81. The highest BCUT2D eigenvalue weighted by atomic mass is 16.2. The third kappa shape index (κ3) is 4.12. The number of likely N-dealkylation sites (tertiary alicyclic amines) is 1. The summed E-state index contributed by atoms with van der Waals surface area (Å²) in [5.74, 6) is 0.944. The third-order valence-corrected chi connectivity index (χ3v) is 3.34. The van der Waals surface area contributed by atoms with Gasteiger partial charge in [0.1, 0.15) is 0 Å². The lowest BCUT2D eigenvalue weighted by molar-refractivity contribution is -0.131. The van der Waals surface area contributed by atoms with E-state index in [1.165, 1.54) is 25.7 Å². The predicted molar refractivity (Wildman–Crippen MR) is 67.4 cm³/mol. The zero-order valence-corrected chi connectivity index (χ0v) is 11.0. The fourth-order valence-electron chi connectivity index (χ4n) is 2.27. The lowest BCUT2D eigenvalue weighted by atomic mass is 10.1. The second kappa shape index (κ2) is 6.89. The minimum atomic E-state index is -0.0163. The monoisotopic (exact) mass is 226 g/mol. The largest absolute Gasteiger partial charge is 0.341 e. The van der Waals surface area contributed by atoms with Gasteiger partial charge in [-0.05, 0) is 38.6 Å². The molecule has 16 heavy (non-hydrogen) atoms. The molecule has 1 heterocycles. The number of rotatable bonds is 6. The SMILES string of the molecule is CCCC(C)CNC(C)C(=O)N1CCCC1. The first kappa shape index (κ1) is 13.5. The molecule has 0 aromatic carbocycles. The Bertz CT molecular complexity index is 212.